The largest absolute Gasteiger partial charge is 0.382 e. The Bertz CT molecular complexity index is 535. The first-order chi connectivity index (χ1) is 12.7. The topological polar surface area (TPSA) is 89.5 Å². The van der Waals surface area contributed by atoms with Crippen molar-refractivity contribution in [1.29, 1.82) is 0 Å². The maximum Gasteiger partial charge on any atom is 0.297 e. The van der Waals surface area contributed by atoms with Crippen LogP contribution in [0.15, 0.2) is 35.2 Å². The van der Waals surface area contributed by atoms with Crippen LogP contribution in [0.5, 0.6) is 0 Å². The maximum absolute atomic E-state index is 11.8. The molecule has 0 aliphatic heterocycles. The molecule has 0 atom stereocenters. The molecule has 0 N–H and O–H groups in total. The lowest BCUT2D eigenvalue weighted by Crippen LogP contribution is -2.15. The van der Waals surface area contributed by atoms with Crippen LogP contribution >= 0.6 is 0 Å². The molecule has 0 radical (unpaired) electrons. The first kappa shape index (κ1) is 23.0. The van der Waals surface area contributed by atoms with E-state index in [2.05, 4.69) is 0 Å². The van der Waals surface area contributed by atoms with Gasteiger partial charge in [0.1, 0.15) is 0 Å². The van der Waals surface area contributed by atoms with Gasteiger partial charge in [0.2, 0.25) is 0 Å². The summed E-state index contributed by atoms with van der Waals surface area (Å²) in [5, 5.41) is 0. The standard InChI is InChI=1S/C17H28O8S/c1-20-7-8-21-9-10-22-11-12-23-13-14-24-15-16-25-26(18,19)17-5-3-2-4-6-17/h2-6H,7-16H2,1H3. The number of hydrogen-bond acceptors (Lipinski definition) is 8. The summed E-state index contributed by atoms with van der Waals surface area (Å²) < 4.78 is 54.6. The fourth-order valence-corrected chi connectivity index (χ4v) is 2.68. The Kier molecular flexibility index (Phi) is 13.3. The highest BCUT2D eigenvalue weighted by atomic mass is 32.2. The summed E-state index contributed by atoms with van der Waals surface area (Å²) in [5.41, 5.74) is 0. The van der Waals surface area contributed by atoms with Crippen molar-refractivity contribution in [2.45, 2.75) is 4.90 Å². The second kappa shape index (κ2) is 15.0. The molecule has 0 amide bonds. The summed E-state index contributed by atoms with van der Waals surface area (Å²) in [6, 6.07) is 7.99. The molecule has 9 heteroatoms. The summed E-state index contributed by atoms with van der Waals surface area (Å²) in [4.78, 5) is 0.132. The second-order valence-electron chi connectivity index (χ2n) is 5.03. The molecule has 26 heavy (non-hydrogen) atoms. The number of rotatable bonds is 17. The van der Waals surface area contributed by atoms with E-state index < -0.39 is 10.1 Å². The molecule has 0 aliphatic carbocycles. The maximum atomic E-state index is 11.8. The van der Waals surface area contributed by atoms with Crippen molar-refractivity contribution in [3.63, 3.8) is 0 Å². The number of methoxy groups -OCH3 is 1. The molecule has 1 aromatic rings. The normalized spacial score (nSPS) is 11.7. The van der Waals surface area contributed by atoms with Gasteiger partial charge in [-0.3, -0.25) is 4.18 Å². The fraction of sp³-hybridized carbons (Fsp3) is 0.647. The van der Waals surface area contributed by atoms with E-state index in [0.29, 0.717) is 52.9 Å². The third-order valence-corrected chi connectivity index (χ3v) is 4.37. The first-order valence-corrected chi connectivity index (χ1v) is 9.82. The Hall–Kier alpha value is -1.07. The zero-order chi connectivity index (χ0) is 18.9. The van der Waals surface area contributed by atoms with E-state index in [1.165, 1.54) is 12.1 Å². The average Bonchev–Trinajstić information content (AvgIpc) is 2.65. The highest BCUT2D eigenvalue weighted by molar-refractivity contribution is 7.86. The average molecular weight is 392 g/mol. The van der Waals surface area contributed by atoms with E-state index in [4.69, 9.17) is 27.9 Å². The molecule has 0 aliphatic rings. The van der Waals surface area contributed by atoms with Crippen molar-refractivity contribution >= 4 is 10.1 Å². The molecule has 0 heterocycles. The predicted octanol–water partition coefficient (Wildman–Crippen LogP) is 1.10. The van der Waals surface area contributed by atoms with Crippen LogP contribution in [0.1, 0.15) is 0 Å². The molecule has 0 fully saturated rings. The molecule has 0 saturated carbocycles. The van der Waals surface area contributed by atoms with E-state index in [1.807, 2.05) is 0 Å². The van der Waals surface area contributed by atoms with Gasteiger partial charge in [-0.2, -0.15) is 8.42 Å². The minimum absolute atomic E-state index is 0.0383. The van der Waals surface area contributed by atoms with Gasteiger partial charge < -0.3 is 23.7 Å². The minimum atomic E-state index is -3.72. The Morgan fingerprint density at radius 1 is 0.654 bits per heavy atom. The molecular weight excluding hydrogens is 364 g/mol. The van der Waals surface area contributed by atoms with Crippen LogP contribution in [0.4, 0.5) is 0 Å². The molecule has 150 valence electrons. The molecule has 8 nitrogen and oxygen atoms in total. The van der Waals surface area contributed by atoms with Crippen LogP contribution in [-0.2, 0) is 38.0 Å². The van der Waals surface area contributed by atoms with Gasteiger partial charge >= 0.3 is 0 Å². The Morgan fingerprint density at radius 3 is 1.54 bits per heavy atom. The fourth-order valence-electron chi connectivity index (χ4n) is 1.76. The summed E-state index contributed by atoms with van der Waals surface area (Å²) in [7, 11) is -2.10. The van der Waals surface area contributed by atoms with Crippen LogP contribution in [0.25, 0.3) is 0 Å². The molecule has 0 unspecified atom stereocenters. The van der Waals surface area contributed by atoms with Crippen molar-refractivity contribution in [2.24, 2.45) is 0 Å². The number of benzene rings is 1. The van der Waals surface area contributed by atoms with Gasteiger partial charge in [0.25, 0.3) is 10.1 Å². The SMILES string of the molecule is COCCOCCOCCOCCOCCOS(=O)(=O)c1ccccc1. The van der Waals surface area contributed by atoms with Crippen molar-refractivity contribution in [3.05, 3.63) is 30.3 Å². The summed E-state index contributed by atoms with van der Waals surface area (Å²) in [6.07, 6.45) is 0. The molecule has 0 saturated heterocycles. The van der Waals surface area contributed by atoms with Gasteiger partial charge in [-0.25, -0.2) is 0 Å². The predicted molar refractivity (Wildman–Crippen MR) is 94.7 cm³/mol. The van der Waals surface area contributed by atoms with Crippen molar-refractivity contribution in [1.82, 2.24) is 0 Å². The van der Waals surface area contributed by atoms with E-state index >= 15 is 0 Å². The Labute approximate surface area is 155 Å². The molecule has 1 aromatic carbocycles. The molecular formula is C17H28O8S. The molecule has 0 bridgehead atoms. The third kappa shape index (κ3) is 11.5. The molecule has 0 aromatic heterocycles. The van der Waals surface area contributed by atoms with Crippen LogP contribution in [0, 0.1) is 0 Å². The van der Waals surface area contributed by atoms with Crippen LogP contribution in [0.2, 0.25) is 0 Å². The summed E-state index contributed by atoms with van der Waals surface area (Å²) in [6.45, 7) is 4.00. The highest BCUT2D eigenvalue weighted by Crippen LogP contribution is 2.10. The van der Waals surface area contributed by atoms with Crippen LogP contribution in [0.3, 0.4) is 0 Å². The van der Waals surface area contributed by atoms with E-state index in [9.17, 15) is 8.42 Å². The van der Waals surface area contributed by atoms with E-state index in [-0.39, 0.29) is 18.1 Å². The summed E-state index contributed by atoms with van der Waals surface area (Å²) >= 11 is 0. The zero-order valence-corrected chi connectivity index (χ0v) is 15.9. The Morgan fingerprint density at radius 2 is 1.08 bits per heavy atom. The summed E-state index contributed by atoms with van der Waals surface area (Å²) in [5.74, 6) is 0. The second-order valence-corrected chi connectivity index (χ2v) is 6.65. The van der Waals surface area contributed by atoms with Gasteiger partial charge in [-0.05, 0) is 12.1 Å². The van der Waals surface area contributed by atoms with Gasteiger partial charge in [0.15, 0.2) is 0 Å². The quantitative estimate of drug-likeness (QED) is 0.288. The monoisotopic (exact) mass is 392 g/mol. The lowest BCUT2D eigenvalue weighted by atomic mass is 10.4. The van der Waals surface area contributed by atoms with Gasteiger partial charge in [-0.15, -0.1) is 0 Å². The number of ether oxygens (including phenoxy) is 5. The lowest BCUT2D eigenvalue weighted by Gasteiger charge is -2.08. The van der Waals surface area contributed by atoms with Crippen LogP contribution in [-0.4, -0.2) is 81.6 Å². The van der Waals surface area contributed by atoms with E-state index in [1.54, 1.807) is 25.3 Å². The lowest BCUT2D eigenvalue weighted by molar-refractivity contribution is -0.00964. The highest BCUT2D eigenvalue weighted by Gasteiger charge is 2.13. The van der Waals surface area contributed by atoms with Crippen molar-refractivity contribution in [2.75, 3.05) is 73.2 Å². The van der Waals surface area contributed by atoms with Crippen LogP contribution < -0.4 is 0 Å². The van der Waals surface area contributed by atoms with Gasteiger partial charge in [-0.1, -0.05) is 18.2 Å². The zero-order valence-electron chi connectivity index (χ0n) is 15.1. The minimum Gasteiger partial charge on any atom is -0.382 e. The van der Waals surface area contributed by atoms with E-state index in [0.717, 1.165) is 0 Å². The van der Waals surface area contributed by atoms with Crippen molar-refractivity contribution in [3.8, 4) is 0 Å². The Balaban J connectivity index is 1.87. The van der Waals surface area contributed by atoms with Gasteiger partial charge in [0.05, 0.1) is 71.0 Å². The van der Waals surface area contributed by atoms with Crippen molar-refractivity contribution < 1.29 is 36.3 Å². The molecule has 0 spiro atoms. The number of hydrogen-bond donors (Lipinski definition) is 0. The third-order valence-electron chi connectivity index (χ3n) is 3.05. The molecule has 1 rings (SSSR count). The van der Waals surface area contributed by atoms with Gasteiger partial charge in [0, 0.05) is 7.11 Å². The smallest absolute Gasteiger partial charge is 0.297 e. The first-order valence-electron chi connectivity index (χ1n) is 8.41.